The molecule has 0 fully saturated rings. The van der Waals surface area contributed by atoms with Crippen molar-refractivity contribution in [3.8, 4) is 0 Å². The Morgan fingerprint density at radius 1 is 1.04 bits per heavy atom. The fraction of sp³-hybridized carbons (Fsp3) is 0.214. The van der Waals surface area contributed by atoms with E-state index in [-0.39, 0.29) is 11.6 Å². The van der Waals surface area contributed by atoms with E-state index in [9.17, 15) is 21.6 Å². The van der Waals surface area contributed by atoms with Crippen LogP contribution in [0.1, 0.15) is 12.5 Å². The molecule has 1 heterocycles. The topological polar surface area (TPSA) is 71.1 Å². The summed E-state index contributed by atoms with van der Waals surface area (Å²) in [5.41, 5.74) is 0.247. The van der Waals surface area contributed by atoms with E-state index in [2.05, 4.69) is 15.0 Å². The number of halogens is 3. The highest BCUT2D eigenvalue weighted by molar-refractivity contribution is 7.92. The van der Waals surface area contributed by atoms with Crippen molar-refractivity contribution in [1.29, 1.82) is 0 Å². The molecule has 0 atom stereocenters. The number of alkyl halides is 3. The molecule has 0 saturated heterocycles. The van der Waals surface area contributed by atoms with Gasteiger partial charge in [-0.1, -0.05) is 0 Å². The van der Waals surface area contributed by atoms with Gasteiger partial charge in [0.15, 0.2) is 0 Å². The number of pyridine rings is 1. The second-order valence-corrected chi connectivity index (χ2v) is 6.65. The maximum atomic E-state index is 12.5. The minimum absolute atomic E-state index is 0.0692. The largest absolute Gasteiger partial charge is 0.416 e. The van der Waals surface area contributed by atoms with Gasteiger partial charge in [0.25, 0.3) is 0 Å². The number of nitrogens with one attached hydrogen (secondary N) is 2. The molecule has 2 aromatic rings. The summed E-state index contributed by atoms with van der Waals surface area (Å²) in [6, 6.07) is 7.57. The summed E-state index contributed by atoms with van der Waals surface area (Å²) >= 11 is 0. The second-order valence-electron chi connectivity index (χ2n) is 4.64. The summed E-state index contributed by atoms with van der Waals surface area (Å²) in [7, 11) is -3.40. The Balaban J connectivity index is 2.06. The van der Waals surface area contributed by atoms with Crippen molar-refractivity contribution in [2.75, 3.05) is 15.8 Å². The van der Waals surface area contributed by atoms with E-state index in [1.807, 2.05) is 0 Å². The van der Waals surface area contributed by atoms with Crippen molar-refractivity contribution >= 4 is 27.2 Å². The van der Waals surface area contributed by atoms with Crippen LogP contribution < -0.4 is 10.0 Å². The molecule has 0 aliphatic carbocycles. The van der Waals surface area contributed by atoms with Crippen molar-refractivity contribution in [2.45, 2.75) is 13.1 Å². The van der Waals surface area contributed by atoms with E-state index in [0.717, 1.165) is 12.1 Å². The fourth-order valence-corrected chi connectivity index (χ4v) is 2.25. The monoisotopic (exact) mass is 345 g/mol. The summed E-state index contributed by atoms with van der Waals surface area (Å²) in [4.78, 5) is 3.93. The molecule has 0 radical (unpaired) electrons. The van der Waals surface area contributed by atoms with E-state index in [4.69, 9.17) is 0 Å². The third kappa shape index (κ3) is 4.85. The van der Waals surface area contributed by atoms with Gasteiger partial charge < -0.3 is 5.32 Å². The highest BCUT2D eigenvalue weighted by atomic mass is 32.2. The third-order valence-electron chi connectivity index (χ3n) is 2.90. The van der Waals surface area contributed by atoms with Crippen molar-refractivity contribution in [3.05, 3.63) is 48.2 Å². The number of anilines is 3. The lowest BCUT2D eigenvalue weighted by atomic mass is 10.2. The van der Waals surface area contributed by atoms with Gasteiger partial charge in [0, 0.05) is 5.69 Å². The quantitative estimate of drug-likeness (QED) is 0.868. The highest BCUT2D eigenvalue weighted by Gasteiger charge is 2.29. The van der Waals surface area contributed by atoms with E-state index < -0.39 is 21.8 Å². The number of hydrogen-bond donors (Lipinski definition) is 2. The van der Waals surface area contributed by atoms with Crippen molar-refractivity contribution < 1.29 is 21.6 Å². The van der Waals surface area contributed by atoms with Gasteiger partial charge in [-0.3, -0.25) is 4.72 Å². The Morgan fingerprint density at radius 3 is 2.13 bits per heavy atom. The maximum Gasteiger partial charge on any atom is 0.416 e. The second kappa shape index (κ2) is 6.45. The predicted octanol–water partition coefficient (Wildman–Crippen LogP) is 3.61. The van der Waals surface area contributed by atoms with Gasteiger partial charge in [-0.25, -0.2) is 13.4 Å². The minimum atomic E-state index is -4.38. The fourth-order valence-electron chi connectivity index (χ4n) is 1.67. The smallest absolute Gasteiger partial charge is 0.354 e. The standard InChI is InChI=1S/C14H14F3N3O2S/c1-2-23(21,22)20-13-8-7-12(9-18-13)19-11-5-3-10(4-6-11)14(15,16)17/h3-9,19H,2H2,1H3,(H,18,20). The van der Waals surface area contributed by atoms with Gasteiger partial charge >= 0.3 is 6.18 Å². The summed E-state index contributed by atoms with van der Waals surface area (Å²) in [5, 5.41) is 2.88. The summed E-state index contributed by atoms with van der Waals surface area (Å²) in [6.45, 7) is 1.50. The third-order valence-corrected chi connectivity index (χ3v) is 4.18. The van der Waals surface area contributed by atoms with Gasteiger partial charge in [0.1, 0.15) is 5.82 Å². The molecule has 5 nitrogen and oxygen atoms in total. The molecule has 0 unspecified atom stereocenters. The average molecular weight is 345 g/mol. The van der Waals surface area contributed by atoms with Crippen LogP contribution in [0, 0.1) is 0 Å². The van der Waals surface area contributed by atoms with Gasteiger partial charge in [-0.15, -0.1) is 0 Å². The molecular formula is C14H14F3N3O2S. The van der Waals surface area contributed by atoms with Crippen molar-refractivity contribution in [1.82, 2.24) is 4.98 Å². The molecule has 0 amide bonds. The molecule has 0 aliphatic rings. The zero-order valence-corrected chi connectivity index (χ0v) is 12.9. The van der Waals surface area contributed by atoms with E-state index in [1.165, 1.54) is 31.3 Å². The summed E-state index contributed by atoms with van der Waals surface area (Å²) < 4.78 is 62.5. The van der Waals surface area contributed by atoms with Crippen molar-refractivity contribution in [2.24, 2.45) is 0 Å². The molecule has 2 rings (SSSR count). The van der Waals surface area contributed by atoms with Gasteiger partial charge in [-0.2, -0.15) is 13.2 Å². The molecule has 0 spiro atoms. The number of benzene rings is 1. The van der Waals surface area contributed by atoms with Gasteiger partial charge in [-0.05, 0) is 43.3 Å². The first-order valence-electron chi connectivity index (χ1n) is 6.60. The van der Waals surface area contributed by atoms with Crippen LogP contribution in [0.3, 0.4) is 0 Å². The van der Waals surface area contributed by atoms with E-state index >= 15 is 0 Å². The van der Waals surface area contributed by atoms with Crippen LogP contribution in [0.2, 0.25) is 0 Å². The first kappa shape index (κ1) is 17.1. The van der Waals surface area contributed by atoms with Crippen LogP contribution in [0.25, 0.3) is 0 Å². The Kier molecular flexibility index (Phi) is 4.79. The average Bonchev–Trinajstić information content (AvgIpc) is 2.49. The zero-order valence-electron chi connectivity index (χ0n) is 12.1. The van der Waals surface area contributed by atoms with Gasteiger partial charge in [0.2, 0.25) is 10.0 Å². The number of aromatic nitrogens is 1. The molecule has 2 N–H and O–H groups in total. The van der Waals surface area contributed by atoms with Crippen LogP contribution in [0.5, 0.6) is 0 Å². The van der Waals surface area contributed by atoms with Crippen LogP contribution in [0.4, 0.5) is 30.4 Å². The molecule has 0 aliphatic heterocycles. The molecular weight excluding hydrogens is 331 g/mol. The van der Waals surface area contributed by atoms with E-state index in [1.54, 1.807) is 6.07 Å². The number of nitrogens with zero attached hydrogens (tertiary/aromatic N) is 1. The first-order chi connectivity index (χ1) is 10.7. The number of rotatable bonds is 5. The Hall–Kier alpha value is -2.29. The Labute approximate surface area is 131 Å². The lowest BCUT2D eigenvalue weighted by Gasteiger charge is -2.10. The van der Waals surface area contributed by atoms with Crippen molar-refractivity contribution in [3.63, 3.8) is 0 Å². The first-order valence-corrected chi connectivity index (χ1v) is 8.25. The molecule has 9 heteroatoms. The van der Waals surface area contributed by atoms with Crippen LogP contribution in [-0.2, 0) is 16.2 Å². The predicted molar refractivity (Wildman–Crippen MR) is 82.0 cm³/mol. The molecule has 1 aromatic heterocycles. The molecule has 0 bridgehead atoms. The highest BCUT2D eigenvalue weighted by Crippen LogP contribution is 2.30. The maximum absolute atomic E-state index is 12.5. The Bertz CT molecular complexity index is 757. The Morgan fingerprint density at radius 2 is 1.65 bits per heavy atom. The van der Waals surface area contributed by atoms with Crippen LogP contribution in [-0.4, -0.2) is 19.2 Å². The van der Waals surface area contributed by atoms with Crippen LogP contribution in [0.15, 0.2) is 42.6 Å². The normalized spacial score (nSPS) is 12.0. The SMILES string of the molecule is CCS(=O)(=O)Nc1ccc(Nc2ccc(C(F)(F)F)cc2)cn1. The number of hydrogen-bond acceptors (Lipinski definition) is 4. The van der Waals surface area contributed by atoms with E-state index in [0.29, 0.717) is 11.4 Å². The number of sulfonamides is 1. The van der Waals surface area contributed by atoms with Gasteiger partial charge in [0.05, 0.1) is 23.2 Å². The molecule has 0 saturated carbocycles. The van der Waals surface area contributed by atoms with Crippen LogP contribution >= 0.6 is 0 Å². The minimum Gasteiger partial charge on any atom is -0.354 e. The lowest BCUT2D eigenvalue weighted by Crippen LogP contribution is -2.15. The molecule has 23 heavy (non-hydrogen) atoms. The lowest BCUT2D eigenvalue weighted by molar-refractivity contribution is -0.137. The molecule has 1 aromatic carbocycles. The zero-order chi connectivity index (χ0) is 17.1. The summed E-state index contributed by atoms with van der Waals surface area (Å²) in [5.74, 6) is 0.102. The summed E-state index contributed by atoms with van der Waals surface area (Å²) in [6.07, 6.45) is -3.00. The molecule has 124 valence electrons.